The average Bonchev–Trinajstić information content (AvgIpc) is 3.27. The Balaban J connectivity index is 1.21. The van der Waals surface area contributed by atoms with Crippen LogP contribution in [0.4, 0.5) is 0 Å². The largest absolute Gasteiger partial charge is 0.486 e. The molecule has 1 aromatic heterocycles. The van der Waals surface area contributed by atoms with Crippen molar-refractivity contribution in [3.63, 3.8) is 0 Å². The summed E-state index contributed by atoms with van der Waals surface area (Å²) in [7, 11) is 0. The van der Waals surface area contributed by atoms with Gasteiger partial charge in [0.25, 0.3) is 0 Å². The maximum atomic E-state index is 13.9. The van der Waals surface area contributed by atoms with Gasteiger partial charge in [0.1, 0.15) is 12.4 Å². The molecule has 194 valence electrons. The fourth-order valence-corrected chi connectivity index (χ4v) is 8.52. The summed E-state index contributed by atoms with van der Waals surface area (Å²) >= 11 is 1.58. The minimum absolute atomic E-state index is 0.0952. The SMILES string of the molecule is CCc1ccc(OCc2nnc(S[C@@H](C)C(=O)C34CC5CC(CC(C5)C3)C4)n2Cc2ccccc2)cc1. The Hall–Kier alpha value is -2.60. The minimum Gasteiger partial charge on any atom is -0.486 e. The lowest BCUT2D eigenvalue weighted by atomic mass is 9.48. The van der Waals surface area contributed by atoms with Crippen LogP contribution in [0.5, 0.6) is 5.75 Å². The van der Waals surface area contributed by atoms with Gasteiger partial charge in [-0.2, -0.15) is 0 Å². The van der Waals surface area contributed by atoms with Gasteiger partial charge >= 0.3 is 0 Å². The van der Waals surface area contributed by atoms with Crippen molar-refractivity contribution in [1.82, 2.24) is 14.8 Å². The Morgan fingerprint density at radius 1 is 0.973 bits per heavy atom. The Morgan fingerprint density at radius 3 is 2.24 bits per heavy atom. The minimum atomic E-state index is -0.134. The number of thioether (sulfide) groups is 1. The summed E-state index contributed by atoms with van der Waals surface area (Å²) < 4.78 is 8.23. The standard InChI is InChI=1S/C31H37N3O2S/c1-3-22-9-11-27(12-10-22)36-20-28-32-33-30(34(28)19-23-7-5-4-6-8-23)37-21(2)29(35)31-16-24-13-25(17-31)15-26(14-24)18-31/h4-12,21,24-26H,3,13-20H2,1-2H3/t21-,24?,25?,26?,31?/m0/s1. The number of carbonyl (C=O) groups excluding carboxylic acids is 1. The fraction of sp³-hybridized carbons (Fsp3) is 0.516. The number of ether oxygens (including phenoxy) is 1. The number of aryl methyl sites for hydroxylation is 1. The Bertz CT molecular complexity index is 1200. The molecule has 4 saturated carbocycles. The molecule has 1 heterocycles. The molecular weight excluding hydrogens is 478 g/mol. The Morgan fingerprint density at radius 2 is 1.62 bits per heavy atom. The molecule has 2 aromatic carbocycles. The van der Waals surface area contributed by atoms with Crippen LogP contribution >= 0.6 is 11.8 Å². The molecule has 6 heteroatoms. The Labute approximate surface area is 224 Å². The molecule has 0 unspecified atom stereocenters. The third-order valence-corrected chi connectivity index (χ3v) is 9.97. The molecule has 0 spiro atoms. The van der Waals surface area contributed by atoms with E-state index in [1.54, 1.807) is 11.8 Å². The highest BCUT2D eigenvalue weighted by Crippen LogP contribution is 2.61. The van der Waals surface area contributed by atoms with E-state index in [0.717, 1.165) is 60.2 Å². The maximum Gasteiger partial charge on any atom is 0.192 e. The molecule has 1 atom stereocenters. The van der Waals surface area contributed by atoms with Crippen LogP contribution in [0, 0.1) is 23.2 Å². The Kier molecular flexibility index (Phi) is 6.87. The van der Waals surface area contributed by atoms with Crippen molar-refractivity contribution in [1.29, 1.82) is 0 Å². The average molecular weight is 516 g/mol. The summed E-state index contributed by atoms with van der Waals surface area (Å²) in [6, 6.07) is 18.6. The van der Waals surface area contributed by atoms with Crippen LogP contribution in [0.15, 0.2) is 59.8 Å². The third-order valence-electron chi connectivity index (χ3n) is 8.89. The quantitative estimate of drug-likeness (QED) is 0.280. The van der Waals surface area contributed by atoms with E-state index in [1.807, 2.05) is 18.2 Å². The highest BCUT2D eigenvalue weighted by Gasteiger charge is 2.55. The summed E-state index contributed by atoms with van der Waals surface area (Å²) in [4.78, 5) is 13.9. The van der Waals surface area contributed by atoms with Crippen LogP contribution in [-0.2, 0) is 24.4 Å². The van der Waals surface area contributed by atoms with Gasteiger partial charge < -0.3 is 4.74 Å². The first kappa shape index (κ1) is 24.7. The number of rotatable bonds is 10. The van der Waals surface area contributed by atoms with Crippen molar-refractivity contribution in [3.8, 4) is 5.75 Å². The molecule has 4 aliphatic rings. The number of ketones is 1. The highest BCUT2D eigenvalue weighted by molar-refractivity contribution is 8.00. The predicted octanol–water partition coefficient (Wildman–Crippen LogP) is 6.73. The highest BCUT2D eigenvalue weighted by atomic mass is 32.2. The van der Waals surface area contributed by atoms with Crippen LogP contribution in [0.1, 0.15) is 69.3 Å². The molecule has 4 fully saturated rings. The van der Waals surface area contributed by atoms with Crippen molar-refractivity contribution < 1.29 is 9.53 Å². The van der Waals surface area contributed by atoms with E-state index >= 15 is 0 Å². The van der Waals surface area contributed by atoms with Crippen molar-refractivity contribution in [3.05, 3.63) is 71.5 Å². The van der Waals surface area contributed by atoms with E-state index in [4.69, 9.17) is 4.74 Å². The molecule has 0 aliphatic heterocycles. The topological polar surface area (TPSA) is 57.0 Å². The van der Waals surface area contributed by atoms with E-state index in [0.29, 0.717) is 18.9 Å². The second kappa shape index (κ2) is 10.3. The van der Waals surface area contributed by atoms with Gasteiger partial charge in [-0.1, -0.05) is 61.2 Å². The predicted molar refractivity (Wildman–Crippen MR) is 147 cm³/mol. The van der Waals surface area contributed by atoms with Crippen molar-refractivity contribution in [2.24, 2.45) is 23.2 Å². The van der Waals surface area contributed by atoms with Crippen LogP contribution in [-0.4, -0.2) is 25.8 Å². The molecule has 5 nitrogen and oxygen atoms in total. The van der Waals surface area contributed by atoms with Gasteiger partial charge in [-0.25, -0.2) is 0 Å². The van der Waals surface area contributed by atoms with Crippen LogP contribution in [0.3, 0.4) is 0 Å². The van der Waals surface area contributed by atoms with Gasteiger partial charge in [0.15, 0.2) is 16.8 Å². The third kappa shape index (κ3) is 5.09. The summed E-state index contributed by atoms with van der Waals surface area (Å²) in [5, 5.41) is 9.75. The normalized spacial score (nSPS) is 26.8. The smallest absolute Gasteiger partial charge is 0.192 e. The molecular formula is C31H37N3O2S. The van der Waals surface area contributed by atoms with E-state index in [9.17, 15) is 4.79 Å². The number of hydrogen-bond acceptors (Lipinski definition) is 5. The summed E-state index contributed by atoms with van der Waals surface area (Å²) in [5.41, 5.74) is 2.37. The van der Waals surface area contributed by atoms with Crippen LogP contribution in [0.2, 0.25) is 0 Å². The zero-order chi connectivity index (χ0) is 25.4. The van der Waals surface area contributed by atoms with Gasteiger partial charge in [0.05, 0.1) is 11.8 Å². The molecule has 0 N–H and O–H groups in total. The van der Waals surface area contributed by atoms with Gasteiger partial charge in [0, 0.05) is 5.41 Å². The second-order valence-corrected chi connectivity index (χ2v) is 12.9. The second-order valence-electron chi connectivity index (χ2n) is 11.6. The fourth-order valence-electron chi connectivity index (χ4n) is 7.46. The molecule has 0 amide bonds. The molecule has 4 bridgehead atoms. The van der Waals surface area contributed by atoms with Gasteiger partial charge in [0.2, 0.25) is 0 Å². The van der Waals surface area contributed by atoms with Crippen molar-refractivity contribution in [2.75, 3.05) is 0 Å². The number of hydrogen-bond donors (Lipinski definition) is 0. The van der Waals surface area contributed by atoms with E-state index in [2.05, 4.69) is 65.0 Å². The number of aromatic nitrogens is 3. The lowest BCUT2D eigenvalue weighted by molar-refractivity contribution is -0.143. The molecule has 7 rings (SSSR count). The molecule has 37 heavy (non-hydrogen) atoms. The summed E-state index contributed by atoms with van der Waals surface area (Å²) in [6.07, 6.45) is 8.38. The van der Waals surface area contributed by atoms with E-state index in [1.165, 1.54) is 30.4 Å². The van der Waals surface area contributed by atoms with Gasteiger partial charge in [-0.05, 0) is 92.9 Å². The van der Waals surface area contributed by atoms with Gasteiger partial charge in [-0.15, -0.1) is 10.2 Å². The molecule has 3 aromatic rings. The lowest BCUT2D eigenvalue weighted by Crippen LogP contribution is -2.51. The monoisotopic (exact) mass is 515 g/mol. The summed E-state index contributed by atoms with van der Waals surface area (Å²) in [5.74, 6) is 4.35. The van der Waals surface area contributed by atoms with Gasteiger partial charge in [-0.3, -0.25) is 9.36 Å². The molecule has 0 saturated heterocycles. The summed E-state index contributed by atoms with van der Waals surface area (Å²) in [6.45, 7) is 5.22. The first-order valence-corrected chi connectivity index (χ1v) is 14.8. The van der Waals surface area contributed by atoms with Crippen molar-refractivity contribution >= 4 is 17.5 Å². The molecule has 4 aliphatic carbocycles. The zero-order valence-electron chi connectivity index (χ0n) is 21.9. The van der Waals surface area contributed by atoms with Crippen molar-refractivity contribution in [2.45, 2.75) is 82.4 Å². The van der Waals surface area contributed by atoms with Crippen LogP contribution < -0.4 is 4.74 Å². The first-order chi connectivity index (χ1) is 18.0. The van der Waals surface area contributed by atoms with E-state index in [-0.39, 0.29) is 10.7 Å². The number of carbonyl (C=O) groups is 1. The number of Topliss-reactive ketones (excluding diaryl/α,β-unsaturated/α-hetero) is 1. The zero-order valence-corrected chi connectivity index (χ0v) is 22.8. The van der Waals surface area contributed by atoms with Crippen LogP contribution in [0.25, 0.3) is 0 Å². The maximum absolute atomic E-state index is 13.9. The first-order valence-electron chi connectivity index (χ1n) is 13.9. The van der Waals surface area contributed by atoms with E-state index < -0.39 is 0 Å². The molecule has 0 radical (unpaired) electrons. The number of benzene rings is 2. The lowest BCUT2D eigenvalue weighted by Gasteiger charge is -2.56. The number of nitrogens with zero attached hydrogens (tertiary/aromatic N) is 3.